The van der Waals surface area contributed by atoms with E-state index < -0.39 is 11.9 Å². The molecule has 1 aromatic carbocycles. The van der Waals surface area contributed by atoms with Crippen LogP contribution in [0.1, 0.15) is 16.7 Å². The lowest BCUT2D eigenvalue weighted by molar-refractivity contribution is 0.0129. The molecule has 1 fully saturated rings. The molecule has 1 aliphatic heterocycles. The Hall–Kier alpha value is -2.70. The number of piperazine rings is 1. The van der Waals surface area contributed by atoms with Crippen molar-refractivity contribution in [3.05, 3.63) is 71.6 Å². The monoisotopic (exact) mass is 402 g/mol. The van der Waals surface area contributed by atoms with Crippen LogP contribution in [-0.2, 0) is 19.4 Å². The van der Waals surface area contributed by atoms with Gasteiger partial charge in [-0.15, -0.1) is 0 Å². The molecular weight excluding hydrogens is 377 g/mol. The van der Waals surface area contributed by atoms with Crippen LogP contribution in [0.25, 0.3) is 0 Å². The summed E-state index contributed by atoms with van der Waals surface area (Å²) in [6, 6.07) is 8.85. The number of rotatable bonds is 5. The molecule has 2 aliphatic rings. The highest BCUT2D eigenvalue weighted by Gasteiger charge is 2.38. The summed E-state index contributed by atoms with van der Waals surface area (Å²) < 4.78 is 41.0. The lowest BCUT2D eigenvalue weighted by Gasteiger charge is -2.40. The van der Waals surface area contributed by atoms with Gasteiger partial charge in [-0.05, 0) is 22.8 Å². The van der Waals surface area contributed by atoms with Gasteiger partial charge in [0.05, 0.1) is 5.82 Å². The molecule has 29 heavy (non-hydrogen) atoms. The van der Waals surface area contributed by atoms with E-state index >= 15 is 0 Å². The van der Waals surface area contributed by atoms with Crippen molar-refractivity contribution in [1.29, 1.82) is 0 Å². The Labute approximate surface area is 169 Å². The lowest BCUT2D eigenvalue weighted by Crippen LogP contribution is -2.48. The summed E-state index contributed by atoms with van der Waals surface area (Å²) in [5.41, 5.74) is 3.30. The van der Waals surface area contributed by atoms with Crippen LogP contribution in [0.15, 0.2) is 48.9 Å². The second kappa shape index (κ2) is 7.61. The Kier molecular flexibility index (Phi) is 5.15. The smallest absolute Gasteiger partial charge is 0.256 e. The quantitative estimate of drug-likeness (QED) is 0.712. The van der Waals surface area contributed by atoms with Crippen molar-refractivity contribution in [1.82, 2.24) is 14.8 Å². The third kappa shape index (κ3) is 4.18. The fraction of sp³-hybridized carbons (Fsp3) is 0.409. The van der Waals surface area contributed by atoms with Gasteiger partial charge in [0, 0.05) is 70.6 Å². The summed E-state index contributed by atoms with van der Waals surface area (Å²) in [6.07, 6.45) is 1.13. The van der Waals surface area contributed by atoms with Crippen LogP contribution in [0.4, 0.5) is 18.9 Å². The third-order valence-corrected chi connectivity index (χ3v) is 5.82. The van der Waals surface area contributed by atoms with Crippen LogP contribution in [-0.4, -0.2) is 53.9 Å². The molecule has 0 spiro atoms. The van der Waals surface area contributed by atoms with Gasteiger partial charge in [0.15, 0.2) is 0 Å². The molecule has 2 aromatic rings. The van der Waals surface area contributed by atoms with Crippen LogP contribution in [0, 0.1) is 5.95 Å². The highest BCUT2D eigenvalue weighted by atomic mass is 19.3. The number of benzene rings is 1. The molecule has 0 atom stereocenters. The number of halogens is 3. The summed E-state index contributed by atoms with van der Waals surface area (Å²) in [5.74, 6) is -2.25. The number of anilines is 1. The van der Waals surface area contributed by atoms with Gasteiger partial charge in [-0.1, -0.05) is 24.8 Å². The maximum absolute atomic E-state index is 13.8. The standard InChI is InChI=1S/C22H25F3N4/c1-16(28-8-10-29(11-9-28)19-6-7-26-21(23)12-19)27(2)15-18-5-3-4-17-13-22(24,25)14-20(17)18/h3-7,12H,1,8-11,13-15H2,2H3. The molecule has 4 nitrogen and oxygen atoms in total. The SMILES string of the molecule is C=C(N(C)Cc1cccc2c1CC(F)(F)C2)N1CCN(c2ccnc(F)c2)CC1. The first-order valence-electron chi connectivity index (χ1n) is 9.81. The molecule has 2 heterocycles. The Bertz CT molecular complexity index is 907. The maximum Gasteiger partial charge on any atom is 0.256 e. The zero-order valence-corrected chi connectivity index (χ0v) is 16.5. The predicted octanol–water partition coefficient (Wildman–Crippen LogP) is 3.68. The van der Waals surface area contributed by atoms with Crippen molar-refractivity contribution >= 4 is 5.69 Å². The van der Waals surface area contributed by atoms with Crippen molar-refractivity contribution in [2.75, 3.05) is 38.1 Å². The molecule has 154 valence electrons. The van der Waals surface area contributed by atoms with E-state index in [4.69, 9.17) is 0 Å². The number of nitrogens with zero attached hydrogens (tertiary/aromatic N) is 4. The van der Waals surface area contributed by atoms with E-state index in [9.17, 15) is 13.2 Å². The van der Waals surface area contributed by atoms with Crippen molar-refractivity contribution in [3.8, 4) is 0 Å². The minimum absolute atomic E-state index is 0.168. The fourth-order valence-corrected chi connectivity index (χ4v) is 4.23. The zero-order chi connectivity index (χ0) is 20.6. The molecule has 0 N–H and O–H groups in total. The normalized spacial score (nSPS) is 17.9. The molecular formula is C22H25F3N4. The van der Waals surface area contributed by atoms with E-state index in [1.807, 2.05) is 30.1 Å². The largest absolute Gasteiger partial charge is 0.368 e. The lowest BCUT2D eigenvalue weighted by atomic mass is 10.0. The number of hydrogen-bond donors (Lipinski definition) is 0. The van der Waals surface area contributed by atoms with Crippen molar-refractivity contribution in [3.63, 3.8) is 0 Å². The number of hydrogen-bond acceptors (Lipinski definition) is 4. The van der Waals surface area contributed by atoms with Crippen molar-refractivity contribution in [2.24, 2.45) is 0 Å². The van der Waals surface area contributed by atoms with E-state index in [0.717, 1.165) is 54.4 Å². The van der Waals surface area contributed by atoms with E-state index in [-0.39, 0.29) is 12.8 Å². The zero-order valence-electron chi connectivity index (χ0n) is 16.5. The second-order valence-electron chi connectivity index (χ2n) is 7.85. The van der Waals surface area contributed by atoms with Crippen LogP contribution in [0.5, 0.6) is 0 Å². The molecule has 0 unspecified atom stereocenters. The first-order valence-corrected chi connectivity index (χ1v) is 9.81. The molecule has 7 heteroatoms. The van der Waals surface area contributed by atoms with Gasteiger partial charge in [0.2, 0.25) is 5.95 Å². The summed E-state index contributed by atoms with van der Waals surface area (Å²) in [6.45, 7) is 7.80. The Balaban J connectivity index is 1.37. The van der Waals surface area contributed by atoms with Crippen LogP contribution in [0.3, 0.4) is 0 Å². The number of pyridine rings is 1. The van der Waals surface area contributed by atoms with E-state index in [1.165, 1.54) is 12.3 Å². The van der Waals surface area contributed by atoms with Crippen molar-refractivity contribution < 1.29 is 13.2 Å². The summed E-state index contributed by atoms with van der Waals surface area (Å²) in [4.78, 5) is 9.94. The number of alkyl halides is 2. The van der Waals surface area contributed by atoms with Gasteiger partial charge < -0.3 is 14.7 Å². The van der Waals surface area contributed by atoms with Gasteiger partial charge in [-0.2, -0.15) is 4.39 Å². The molecule has 0 saturated carbocycles. The van der Waals surface area contributed by atoms with Gasteiger partial charge in [-0.3, -0.25) is 0 Å². The summed E-state index contributed by atoms with van der Waals surface area (Å²) in [7, 11) is 1.94. The topological polar surface area (TPSA) is 22.6 Å². The first-order chi connectivity index (χ1) is 13.8. The maximum atomic E-state index is 13.8. The average Bonchev–Trinajstić information content (AvgIpc) is 3.02. The third-order valence-electron chi connectivity index (χ3n) is 5.82. The minimum atomic E-state index is -2.64. The Morgan fingerprint density at radius 3 is 2.66 bits per heavy atom. The fourth-order valence-electron chi connectivity index (χ4n) is 4.23. The first kappa shape index (κ1) is 19.6. The number of aromatic nitrogens is 1. The molecule has 0 amide bonds. The van der Waals surface area contributed by atoms with Gasteiger partial charge in [-0.25, -0.2) is 13.8 Å². The molecule has 1 aromatic heterocycles. The van der Waals surface area contributed by atoms with Crippen LogP contribution in [0.2, 0.25) is 0 Å². The molecule has 1 aliphatic carbocycles. The van der Waals surface area contributed by atoms with Crippen LogP contribution >= 0.6 is 0 Å². The molecule has 0 radical (unpaired) electrons. The molecule has 4 rings (SSSR count). The van der Waals surface area contributed by atoms with Crippen LogP contribution < -0.4 is 4.90 Å². The van der Waals surface area contributed by atoms with Gasteiger partial charge in [0.1, 0.15) is 0 Å². The Morgan fingerprint density at radius 1 is 1.17 bits per heavy atom. The predicted molar refractivity (Wildman–Crippen MR) is 107 cm³/mol. The minimum Gasteiger partial charge on any atom is -0.368 e. The average molecular weight is 402 g/mol. The van der Waals surface area contributed by atoms with E-state index in [1.54, 1.807) is 6.07 Å². The Morgan fingerprint density at radius 2 is 1.93 bits per heavy atom. The second-order valence-corrected chi connectivity index (χ2v) is 7.85. The molecule has 0 bridgehead atoms. The highest BCUT2D eigenvalue weighted by Crippen LogP contribution is 2.36. The van der Waals surface area contributed by atoms with E-state index in [0.29, 0.717) is 6.54 Å². The van der Waals surface area contributed by atoms with Gasteiger partial charge >= 0.3 is 0 Å². The summed E-state index contributed by atoms with van der Waals surface area (Å²) in [5, 5.41) is 0. The van der Waals surface area contributed by atoms with E-state index in [2.05, 4.69) is 21.4 Å². The highest BCUT2D eigenvalue weighted by molar-refractivity contribution is 5.45. The molecule has 1 saturated heterocycles. The summed E-state index contributed by atoms with van der Waals surface area (Å²) >= 11 is 0. The van der Waals surface area contributed by atoms with Crippen molar-refractivity contribution in [2.45, 2.75) is 25.3 Å². The number of fused-ring (bicyclic) bond motifs is 1. The van der Waals surface area contributed by atoms with Gasteiger partial charge in [0.25, 0.3) is 5.92 Å².